The third-order valence-electron chi connectivity index (χ3n) is 4.80. The number of hydrogen-bond acceptors (Lipinski definition) is 3. The number of aryl methyl sites for hydroxylation is 1. The van der Waals surface area contributed by atoms with E-state index in [-0.39, 0.29) is 5.91 Å². The predicted molar refractivity (Wildman–Crippen MR) is 126 cm³/mol. The summed E-state index contributed by atoms with van der Waals surface area (Å²) in [5.41, 5.74) is 3.76. The molecule has 0 aliphatic rings. The van der Waals surface area contributed by atoms with E-state index in [0.29, 0.717) is 38.1 Å². The minimum atomic E-state index is -0.266. The number of para-hydroxylation sites is 1. The highest BCUT2D eigenvalue weighted by atomic mass is 79.9. The van der Waals surface area contributed by atoms with Crippen LogP contribution in [0, 0.1) is 13.8 Å². The van der Waals surface area contributed by atoms with Gasteiger partial charge in [0.05, 0.1) is 43.7 Å². The van der Waals surface area contributed by atoms with Gasteiger partial charge in [-0.25, -0.2) is 4.68 Å². The number of nitrogens with one attached hydrogen (secondary N) is 1. The molecule has 0 aliphatic carbocycles. The smallest absolute Gasteiger partial charge is 0.260 e. The number of rotatable bonds is 5. The maximum Gasteiger partial charge on any atom is 0.260 e. The number of carbonyl (C=O) groups excluding carboxylic acids is 1. The molecule has 0 saturated carbocycles. The Kier molecular flexibility index (Phi) is 6.18. The Hall–Kier alpha value is -2.61. The second-order valence-electron chi connectivity index (χ2n) is 7.02. The van der Waals surface area contributed by atoms with Crippen LogP contribution in [0.1, 0.15) is 27.3 Å². The van der Waals surface area contributed by atoms with Gasteiger partial charge in [-0.05, 0) is 59.6 Å². The van der Waals surface area contributed by atoms with Crippen LogP contribution in [-0.2, 0) is 6.54 Å². The first-order valence-corrected chi connectivity index (χ1v) is 11.0. The van der Waals surface area contributed by atoms with Crippen LogP contribution in [0.4, 0.5) is 5.82 Å². The summed E-state index contributed by atoms with van der Waals surface area (Å²) in [5.74, 6) is 0.161. The van der Waals surface area contributed by atoms with Gasteiger partial charge in [-0.15, -0.1) is 0 Å². The molecule has 2 heterocycles. The van der Waals surface area contributed by atoms with Gasteiger partial charge < -0.3 is 5.32 Å². The maximum atomic E-state index is 13.0. The zero-order chi connectivity index (χ0) is 22.1. The molecule has 4 rings (SSSR count). The molecule has 0 aliphatic heterocycles. The summed E-state index contributed by atoms with van der Waals surface area (Å²) in [6.45, 7) is 4.18. The number of aromatic nitrogens is 4. The van der Waals surface area contributed by atoms with Gasteiger partial charge in [-0.3, -0.25) is 9.48 Å². The van der Waals surface area contributed by atoms with Gasteiger partial charge in [0, 0.05) is 6.20 Å². The molecule has 158 valence electrons. The van der Waals surface area contributed by atoms with E-state index in [1.165, 1.54) is 0 Å². The fourth-order valence-corrected chi connectivity index (χ4v) is 4.09. The number of benzene rings is 2. The third-order valence-corrected chi connectivity index (χ3v) is 6.12. The van der Waals surface area contributed by atoms with Gasteiger partial charge in [-0.1, -0.05) is 47.5 Å². The standard InChI is InChI=1S/C22H18BrCl2N5O/c1-13-20(14(2)30(27-13)16-6-4-3-5-7-16)22(31)26-21-17(23)12-29(28-21)11-15-8-9-18(24)19(25)10-15/h3-10,12H,11H2,1-2H3,(H,26,28,31). The summed E-state index contributed by atoms with van der Waals surface area (Å²) in [6.07, 6.45) is 1.80. The molecular weight excluding hydrogens is 501 g/mol. The van der Waals surface area contributed by atoms with Gasteiger partial charge in [0.2, 0.25) is 0 Å². The molecule has 0 unspecified atom stereocenters. The zero-order valence-corrected chi connectivity index (χ0v) is 19.8. The molecule has 0 bridgehead atoms. The van der Waals surface area contributed by atoms with Crippen LogP contribution >= 0.6 is 39.1 Å². The molecule has 31 heavy (non-hydrogen) atoms. The van der Waals surface area contributed by atoms with Gasteiger partial charge in [0.1, 0.15) is 0 Å². The van der Waals surface area contributed by atoms with Crippen molar-refractivity contribution in [3.05, 3.63) is 91.8 Å². The fraction of sp³-hybridized carbons (Fsp3) is 0.136. The Balaban J connectivity index is 1.56. The predicted octanol–water partition coefficient (Wildman–Crippen LogP) is 6.06. The fourth-order valence-electron chi connectivity index (χ4n) is 3.35. The van der Waals surface area contributed by atoms with Gasteiger partial charge >= 0.3 is 0 Å². The molecular formula is C22H18BrCl2N5O. The molecule has 0 atom stereocenters. The highest BCUT2D eigenvalue weighted by Gasteiger charge is 2.21. The van der Waals surface area contributed by atoms with E-state index >= 15 is 0 Å². The van der Waals surface area contributed by atoms with Crippen LogP contribution < -0.4 is 5.32 Å². The van der Waals surface area contributed by atoms with Crippen molar-refractivity contribution in [2.24, 2.45) is 0 Å². The Bertz CT molecular complexity index is 1270. The third kappa shape index (κ3) is 4.54. The Morgan fingerprint density at radius 2 is 1.81 bits per heavy atom. The minimum absolute atomic E-state index is 0.266. The lowest BCUT2D eigenvalue weighted by Gasteiger charge is -2.06. The van der Waals surface area contributed by atoms with Gasteiger partial charge in [0.15, 0.2) is 5.82 Å². The molecule has 4 aromatic rings. The SMILES string of the molecule is Cc1nn(-c2ccccc2)c(C)c1C(=O)Nc1nn(Cc2ccc(Cl)c(Cl)c2)cc1Br. The van der Waals surface area contributed by atoms with Crippen LogP contribution in [0.5, 0.6) is 0 Å². The Labute approximate surface area is 197 Å². The molecule has 1 amide bonds. The molecule has 2 aromatic heterocycles. The van der Waals surface area contributed by atoms with Crippen molar-refractivity contribution in [2.75, 3.05) is 5.32 Å². The second-order valence-corrected chi connectivity index (χ2v) is 8.69. The number of carbonyl (C=O) groups is 1. The zero-order valence-electron chi connectivity index (χ0n) is 16.7. The first-order valence-electron chi connectivity index (χ1n) is 9.43. The van der Waals surface area contributed by atoms with Gasteiger partial charge in [0.25, 0.3) is 5.91 Å². The number of hydrogen-bond donors (Lipinski definition) is 1. The average molecular weight is 519 g/mol. The summed E-state index contributed by atoms with van der Waals surface area (Å²) in [7, 11) is 0. The van der Waals surface area contributed by atoms with Gasteiger partial charge in [-0.2, -0.15) is 10.2 Å². The highest BCUT2D eigenvalue weighted by Crippen LogP contribution is 2.26. The number of nitrogens with zero attached hydrogens (tertiary/aromatic N) is 4. The minimum Gasteiger partial charge on any atom is -0.304 e. The molecule has 0 spiro atoms. The molecule has 0 saturated heterocycles. The van der Waals surface area contributed by atoms with E-state index in [1.54, 1.807) is 27.7 Å². The highest BCUT2D eigenvalue weighted by molar-refractivity contribution is 9.10. The lowest BCUT2D eigenvalue weighted by molar-refractivity contribution is 0.102. The average Bonchev–Trinajstić information content (AvgIpc) is 3.23. The van der Waals surface area contributed by atoms with E-state index in [9.17, 15) is 4.79 Å². The van der Waals surface area contributed by atoms with Crippen molar-refractivity contribution >= 4 is 50.9 Å². The van der Waals surface area contributed by atoms with Crippen LogP contribution in [0.15, 0.2) is 59.2 Å². The lowest BCUT2D eigenvalue weighted by Crippen LogP contribution is -2.15. The first-order chi connectivity index (χ1) is 14.8. The number of amides is 1. The van der Waals surface area contributed by atoms with Crippen LogP contribution in [0.3, 0.4) is 0 Å². The summed E-state index contributed by atoms with van der Waals surface area (Å²) >= 11 is 15.5. The van der Waals surface area contributed by atoms with Crippen LogP contribution in [0.2, 0.25) is 10.0 Å². The summed E-state index contributed by atoms with van der Waals surface area (Å²) < 4.78 is 4.15. The van der Waals surface area contributed by atoms with Crippen molar-refractivity contribution in [3.63, 3.8) is 0 Å². The van der Waals surface area contributed by atoms with Crippen molar-refractivity contribution in [1.82, 2.24) is 19.6 Å². The summed E-state index contributed by atoms with van der Waals surface area (Å²) in [6, 6.07) is 15.1. The van der Waals surface area contributed by atoms with E-state index in [1.807, 2.05) is 50.2 Å². The van der Waals surface area contributed by atoms with E-state index < -0.39 is 0 Å². The normalized spacial score (nSPS) is 11.0. The molecule has 0 radical (unpaired) electrons. The van der Waals surface area contributed by atoms with Crippen molar-refractivity contribution in [1.29, 1.82) is 0 Å². The summed E-state index contributed by atoms with van der Waals surface area (Å²) in [4.78, 5) is 13.0. The van der Waals surface area contributed by atoms with Crippen molar-refractivity contribution in [2.45, 2.75) is 20.4 Å². The quantitative estimate of drug-likeness (QED) is 0.349. The molecule has 2 aromatic carbocycles. The van der Waals surface area contributed by atoms with Crippen LogP contribution in [-0.4, -0.2) is 25.5 Å². The molecule has 1 N–H and O–H groups in total. The number of halogens is 3. The monoisotopic (exact) mass is 517 g/mol. The second kappa shape index (κ2) is 8.86. The largest absolute Gasteiger partial charge is 0.304 e. The van der Waals surface area contributed by atoms with E-state index in [0.717, 1.165) is 16.9 Å². The maximum absolute atomic E-state index is 13.0. The van der Waals surface area contributed by atoms with Crippen molar-refractivity contribution < 1.29 is 4.79 Å². The molecule has 0 fully saturated rings. The molecule has 6 nitrogen and oxygen atoms in total. The first kappa shape index (κ1) is 21.6. The van der Waals surface area contributed by atoms with Crippen LogP contribution in [0.25, 0.3) is 5.69 Å². The Morgan fingerprint density at radius 1 is 1.06 bits per heavy atom. The van der Waals surface area contributed by atoms with E-state index in [4.69, 9.17) is 23.2 Å². The molecule has 9 heteroatoms. The topological polar surface area (TPSA) is 64.7 Å². The van der Waals surface area contributed by atoms with E-state index in [2.05, 4.69) is 31.4 Å². The Morgan fingerprint density at radius 3 is 2.52 bits per heavy atom. The number of anilines is 1. The summed E-state index contributed by atoms with van der Waals surface area (Å²) in [5, 5.41) is 12.9. The lowest BCUT2D eigenvalue weighted by atomic mass is 10.2. The van der Waals surface area contributed by atoms with Crippen molar-refractivity contribution in [3.8, 4) is 5.69 Å².